The van der Waals surface area contributed by atoms with Crippen molar-refractivity contribution >= 4 is 0 Å². The topological polar surface area (TPSA) is 15.3 Å². The predicted molar refractivity (Wildman–Crippen MR) is 51.3 cm³/mol. The Labute approximate surface area is 75.3 Å². The van der Waals surface area contributed by atoms with Crippen molar-refractivity contribution in [1.29, 1.82) is 0 Å². The lowest BCUT2D eigenvalue weighted by molar-refractivity contribution is 0.0533. The van der Waals surface area contributed by atoms with Crippen LogP contribution in [0.3, 0.4) is 0 Å². The van der Waals surface area contributed by atoms with Crippen LogP contribution in [0.1, 0.15) is 33.1 Å². The summed E-state index contributed by atoms with van der Waals surface area (Å²) in [4.78, 5) is 2.70. The van der Waals surface area contributed by atoms with Crippen molar-refractivity contribution in [2.24, 2.45) is 0 Å². The SMILES string of the molecule is CC1CN(C2CCC2)C(C)CN1. The first-order valence-electron chi connectivity index (χ1n) is 5.26. The van der Waals surface area contributed by atoms with E-state index in [1.807, 2.05) is 0 Å². The quantitative estimate of drug-likeness (QED) is 0.633. The summed E-state index contributed by atoms with van der Waals surface area (Å²) in [6, 6.07) is 2.37. The van der Waals surface area contributed by atoms with Gasteiger partial charge in [-0.15, -0.1) is 0 Å². The van der Waals surface area contributed by atoms with Crippen molar-refractivity contribution in [3.63, 3.8) is 0 Å². The van der Waals surface area contributed by atoms with E-state index in [4.69, 9.17) is 0 Å². The first-order valence-corrected chi connectivity index (χ1v) is 5.26. The van der Waals surface area contributed by atoms with Crippen LogP contribution < -0.4 is 5.32 Å². The number of nitrogens with zero attached hydrogens (tertiary/aromatic N) is 1. The van der Waals surface area contributed by atoms with Gasteiger partial charge in [-0.3, -0.25) is 4.90 Å². The molecule has 0 amide bonds. The summed E-state index contributed by atoms with van der Waals surface area (Å²) in [5, 5.41) is 3.52. The molecule has 1 saturated heterocycles. The van der Waals surface area contributed by atoms with Gasteiger partial charge < -0.3 is 5.32 Å². The van der Waals surface area contributed by atoms with E-state index in [-0.39, 0.29) is 0 Å². The van der Waals surface area contributed by atoms with Crippen LogP contribution >= 0.6 is 0 Å². The Morgan fingerprint density at radius 3 is 2.58 bits per heavy atom. The van der Waals surface area contributed by atoms with Gasteiger partial charge in [0.25, 0.3) is 0 Å². The average molecular weight is 168 g/mol. The standard InChI is InChI=1S/C10H20N2/c1-8-7-12(9(2)6-11-8)10-4-3-5-10/h8-11H,3-7H2,1-2H3. The third-order valence-electron chi connectivity index (χ3n) is 3.36. The summed E-state index contributed by atoms with van der Waals surface area (Å²) in [7, 11) is 0. The predicted octanol–water partition coefficient (Wildman–Crippen LogP) is 1.22. The largest absolute Gasteiger partial charge is 0.311 e. The Bertz CT molecular complexity index is 152. The molecular formula is C10H20N2. The van der Waals surface area contributed by atoms with Gasteiger partial charge in [0.15, 0.2) is 0 Å². The lowest BCUT2D eigenvalue weighted by Gasteiger charge is -2.46. The fourth-order valence-electron chi connectivity index (χ4n) is 2.28. The Morgan fingerprint density at radius 1 is 1.25 bits per heavy atom. The van der Waals surface area contributed by atoms with Gasteiger partial charge in [-0.1, -0.05) is 6.42 Å². The number of hydrogen-bond donors (Lipinski definition) is 1. The molecule has 2 unspecified atom stereocenters. The van der Waals surface area contributed by atoms with Crippen LogP contribution in [0.5, 0.6) is 0 Å². The van der Waals surface area contributed by atoms with Crippen LogP contribution in [0.15, 0.2) is 0 Å². The smallest absolute Gasteiger partial charge is 0.0196 e. The fourth-order valence-corrected chi connectivity index (χ4v) is 2.28. The maximum atomic E-state index is 3.52. The molecule has 2 heteroatoms. The van der Waals surface area contributed by atoms with Crippen molar-refractivity contribution in [2.45, 2.75) is 51.2 Å². The highest BCUT2D eigenvalue weighted by molar-refractivity contribution is 4.89. The van der Waals surface area contributed by atoms with Gasteiger partial charge in [-0.05, 0) is 26.7 Å². The van der Waals surface area contributed by atoms with Crippen LogP contribution in [0.2, 0.25) is 0 Å². The Balaban J connectivity index is 1.91. The van der Waals surface area contributed by atoms with Crippen LogP contribution in [0.25, 0.3) is 0 Å². The molecule has 1 heterocycles. The molecule has 1 saturated carbocycles. The minimum Gasteiger partial charge on any atom is -0.311 e. The molecule has 0 aromatic carbocycles. The van der Waals surface area contributed by atoms with E-state index >= 15 is 0 Å². The van der Waals surface area contributed by atoms with Crippen LogP contribution in [-0.4, -0.2) is 36.1 Å². The molecule has 0 radical (unpaired) electrons. The van der Waals surface area contributed by atoms with Crippen molar-refractivity contribution < 1.29 is 0 Å². The van der Waals surface area contributed by atoms with Gasteiger partial charge in [0, 0.05) is 31.2 Å². The number of piperazine rings is 1. The number of nitrogens with one attached hydrogen (secondary N) is 1. The number of rotatable bonds is 1. The van der Waals surface area contributed by atoms with Crippen LogP contribution in [-0.2, 0) is 0 Å². The van der Waals surface area contributed by atoms with E-state index in [1.165, 1.54) is 32.4 Å². The Hall–Kier alpha value is -0.0800. The summed E-state index contributed by atoms with van der Waals surface area (Å²) < 4.78 is 0. The zero-order valence-corrected chi connectivity index (χ0v) is 8.21. The first-order chi connectivity index (χ1) is 5.77. The molecule has 0 bridgehead atoms. The molecule has 1 N–H and O–H groups in total. The van der Waals surface area contributed by atoms with Crippen molar-refractivity contribution in [3.8, 4) is 0 Å². The summed E-state index contributed by atoms with van der Waals surface area (Å²) >= 11 is 0. The summed E-state index contributed by atoms with van der Waals surface area (Å²) in [6.45, 7) is 7.07. The molecule has 1 aliphatic heterocycles. The second-order valence-electron chi connectivity index (χ2n) is 4.44. The van der Waals surface area contributed by atoms with Gasteiger partial charge in [-0.2, -0.15) is 0 Å². The molecule has 2 atom stereocenters. The molecule has 2 aliphatic rings. The monoisotopic (exact) mass is 168 g/mol. The molecule has 0 aromatic heterocycles. The molecule has 12 heavy (non-hydrogen) atoms. The lowest BCUT2D eigenvalue weighted by atomic mass is 9.89. The first kappa shape index (κ1) is 8.52. The summed E-state index contributed by atoms with van der Waals surface area (Å²) in [5.41, 5.74) is 0. The summed E-state index contributed by atoms with van der Waals surface area (Å²) in [5.74, 6) is 0. The maximum Gasteiger partial charge on any atom is 0.0196 e. The molecule has 0 spiro atoms. The number of hydrogen-bond acceptors (Lipinski definition) is 2. The fraction of sp³-hybridized carbons (Fsp3) is 1.00. The molecular weight excluding hydrogens is 148 g/mol. The third kappa shape index (κ3) is 1.50. The van der Waals surface area contributed by atoms with E-state index in [0.717, 1.165) is 12.1 Å². The normalized spacial score (nSPS) is 39.5. The van der Waals surface area contributed by atoms with Crippen LogP contribution in [0.4, 0.5) is 0 Å². The van der Waals surface area contributed by atoms with Gasteiger partial charge in [0.1, 0.15) is 0 Å². The van der Waals surface area contributed by atoms with Gasteiger partial charge in [0.05, 0.1) is 0 Å². The minimum atomic E-state index is 0.696. The van der Waals surface area contributed by atoms with Crippen molar-refractivity contribution in [3.05, 3.63) is 0 Å². The van der Waals surface area contributed by atoms with E-state index < -0.39 is 0 Å². The highest BCUT2D eigenvalue weighted by Gasteiger charge is 2.31. The zero-order chi connectivity index (χ0) is 8.55. The van der Waals surface area contributed by atoms with Gasteiger partial charge in [0.2, 0.25) is 0 Å². The highest BCUT2D eigenvalue weighted by Crippen LogP contribution is 2.27. The lowest BCUT2D eigenvalue weighted by Crippen LogP contribution is -2.58. The summed E-state index contributed by atoms with van der Waals surface area (Å²) in [6.07, 6.45) is 4.34. The van der Waals surface area contributed by atoms with E-state index in [1.54, 1.807) is 0 Å². The molecule has 2 fully saturated rings. The maximum absolute atomic E-state index is 3.52. The zero-order valence-electron chi connectivity index (χ0n) is 8.21. The molecule has 2 nitrogen and oxygen atoms in total. The van der Waals surface area contributed by atoms with E-state index in [2.05, 4.69) is 24.1 Å². The van der Waals surface area contributed by atoms with E-state index in [0.29, 0.717) is 6.04 Å². The minimum absolute atomic E-state index is 0.696. The molecule has 2 rings (SSSR count). The van der Waals surface area contributed by atoms with Crippen LogP contribution in [0, 0.1) is 0 Å². The second kappa shape index (κ2) is 3.35. The highest BCUT2D eigenvalue weighted by atomic mass is 15.3. The Morgan fingerprint density at radius 2 is 2.00 bits per heavy atom. The Kier molecular flexibility index (Phi) is 2.37. The van der Waals surface area contributed by atoms with Gasteiger partial charge in [-0.25, -0.2) is 0 Å². The van der Waals surface area contributed by atoms with Crippen molar-refractivity contribution in [2.75, 3.05) is 13.1 Å². The molecule has 70 valence electrons. The average Bonchev–Trinajstić information content (AvgIpc) is 1.93. The van der Waals surface area contributed by atoms with Crippen molar-refractivity contribution in [1.82, 2.24) is 10.2 Å². The second-order valence-corrected chi connectivity index (χ2v) is 4.44. The molecule has 0 aromatic rings. The van der Waals surface area contributed by atoms with E-state index in [9.17, 15) is 0 Å². The van der Waals surface area contributed by atoms with Gasteiger partial charge >= 0.3 is 0 Å². The molecule has 1 aliphatic carbocycles. The third-order valence-corrected chi connectivity index (χ3v) is 3.36.